The number of nitrogens with zero attached hydrogens (tertiary/aromatic N) is 1. The van der Waals surface area contributed by atoms with Crippen LogP contribution in [-0.4, -0.2) is 0 Å². The fourth-order valence-corrected chi connectivity index (χ4v) is 9.71. The average Bonchev–Trinajstić information content (AvgIpc) is 3.76. The molecule has 0 saturated carbocycles. The topological polar surface area (TPSA) is 16.4 Å². The molecule has 11 aromatic carbocycles. The standard InChI is InChI=1S/C62H41NO/c1-4-17-42(18-5-1)46-23-14-25-50(39-46)63(49-36-33-43(34-37-49)52-30-16-32-59-62(52)56-29-12-13-31-58(56)64-59)51-26-15-24-47(40-51)48-35-38-54-53-27-10-11-28-55(53)60(44-19-6-2-7-20-44)61(57(54)41-48)45-21-8-3-9-22-45/h1-41H. The summed E-state index contributed by atoms with van der Waals surface area (Å²) in [6.45, 7) is 0. The van der Waals surface area contributed by atoms with Gasteiger partial charge in [0.25, 0.3) is 0 Å². The Kier molecular flexibility index (Phi) is 9.20. The summed E-state index contributed by atoms with van der Waals surface area (Å²) in [5.41, 5.74) is 16.9. The molecule has 0 bridgehead atoms. The highest BCUT2D eigenvalue weighted by atomic mass is 16.3. The second-order valence-corrected chi connectivity index (χ2v) is 16.4. The van der Waals surface area contributed by atoms with E-state index in [1.165, 1.54) is 54.9 Å². The van der Waals surface area contributed by atoms with Crippen LogP contribution < -0.4 is 4.90 Å². The first-order valence-electron chi connectivity index (χ1n) is 21.9. The quantitative estimate of drug-likeness (QED) is 0.142. The van der Waals surface area contributed by atoms with Gasteiger partial charge >= 0.3 is 0 Å². The van der Waals surface area contributed by atoms with Gasteiger partial charge < -0.3 is 9.32 Å². The summed E-state index contributed by atoms with van der Waals surface area (Å²) in [6, 6.07) is 89.7. The summed E-state index contributed by atoms with van der Waals surface area (Å²) in [7, 11) is 0. The van der Waals surface area contributed by atoms with Gasteiger partial charge in [-0.1, -0.05) is 194 Å². The third-order valence-electron chi connectivity index (χ3n) is 12.6. The Hall–Kier alpha value is -8.46. The maximum atomic E-state index is 6.28. The highest BCUT2D eigenvalue weighted by Gasteiger charge is 2.20. The van der Waals surface area contributed by atoms with Crippen LogP contribution >= 0.6 is 0 Å². The summed E-state index contributed by atoms with van der Waals surface area (Å²) >= 11 is 0. The van der Waals surface area contributed by atoms with Crippen molar-refractivity contribution in [3.8, 4) is 55.6 Å². The maximum absolute atomic E-state index is 6.28. The molecule has 64 heavy (non-hydrogen) atoms. The number of rotatable bonds is 8. The number of hydrogen-bond acceptors (Lipinski definition) is 2. The van der Waals surface area contributed by atoms with Gasteiger partial charge in [0.05, 0.1) is 0 Å². The van der Waals surface area contributed by atoms with Crippen LogP contribution in [0.5, 0.6) is 0 Å². The van der Waals surface area contributed by atoms with Gasteiger partial charge in [-0.25, -0.2) is 0 Å². The predicted octanol–water partition coefficient (Wildman–Crippen LogP) is 17.7. The molecule has 0 amide bonds. The van der Waals surface area contributed by atoms with E-state index in [4.69, 9.17) is 4.42 Å². The molecule has 0 N–H and O–H groups in total. The van der Waals surface area contributed by atoms with E-state index >= 15 is 0 Å². The SMILES string of the molecule is c1ccc(-c2cccc(N(c3ccc(-c4cccc5oc6ccccc6c45)cc3)c3cccc(-c4ccc5c(c4)c(-c4ccccc4)c(-c4ccccc4)c4ccccc45)c3)c2)cc1. The Morgan fingerprint density at radius 3 is 1.39 bits per heavy atom. The molecular weight excluding hydrogens is 775 g/mol. The van der Waals surface area contributed by atoms with Crippen LogP contribution in [-0.2, 0) is 0 Å². The average molecular weight is 816 g/mol. The van der Waals surface area contributed by atoms with Crippen LogP contribution in [0.15, 0.2) is 253 Å². The van der Waals surface area contributed by atoms with E-state index in [0.717, 1.165) is 61.3 Å². The lowest BCUT2D eigenvalue weighted by Crippen LogP contribution is -2.10. The maximum Gasteiger partial charge on any atom is 0.136 e. The molecule has 2 heteroatoms. The van der Waals surface area contributed by atoms with Gasteiger partial charge in [-0.15, -0.1) is 0 Å². The van der Waals surface area contributed by atoms with Crippen molar-refractivity contribution < 1.29 is 4.42 Å². The van der Waals surface area contributed by atoms with Crippen molar-refractivity contribution in [1.29, 1.82) is 0 Å². The second-order valence-electron chi connectivity index (χ2n) is 16.4. The van der Waals surface area contributed by atoms with Crippen molar-refractivity contribution in [2.45, 2.75) is 0 Å². The Labute approximate surface area is 372 Å². The van der Waals surface area contributed by atoms with Crippen LogP contribution in [0.2, 0.25) is 0 Å². The van der Waals surface area contributed by atoms with Crippen LogP contribution in [0.25, 0.3) is 99.1 Å². The molecule has 0 aliphatic carbocycles. The molecule has 2 nitrogen and oxygen atoms in total. The monoisotopic (exact) mass is 815 g/mol. The van der Waals surface area contributed by atoms with E-state index in [1.54, 1.807) is 0 Å². The molecule has 1 heterocycles. The van der Waals surface area contributed by atoms with Gasteiger partial charge in [0.2, 0.25) is 0 Å². The number of fused-ring (bicyclic) bond motifs is 6. The van der Waals surface area contributed by atoms with Crippen LogP contribution in [0.1, 0.15) is 0 Å². The van der Waals surface area contributed by atoms with Crippen molar-refractivity contribution in [2.24, 2.45) is 0 Å². The van der Waals surface area contributed by atoms with E-state index < -0.39 is 0 Å². The fraction of sp³-hybridized carbons (Fsp3) is 0. The van der Waals surface area contributed by atoms with Crippen LogP contribution in [0, 0.1) is 0 Å². The van der Waals surface area contributed by atoms with E-state index in [-0.39, 0.29) is 0 Å². The van der Waals surface area contributed by atoms with Crippen LogP contribution in [0.4, 0.5) is 17.1 Å². The molecule has 0 atom stereocenters. The Bertz CT molecular complexity index is 3650. The van der Waals surface area contributed by atoms with Gasteiger partial charge in [0.1, 0.15) is 11.2 Å². The van der Waals surface area contributed by atoms with Gasteiger partial charge in [-0.05, 0) is 132 Å². The summed E-state index contributed by atoms with van der Waals surface area (Å²) < 4.78 is 6.28. The smallest absolute Gasteiger partial charge is 0.136 e. The fourth-order valence-electron chi connectivity index (χ4n) is 9.71. The largest absolute Gasteiger partial charge is 0.456 e. The molecule has 12 rings (SSSR count). The zero-order chi connectivity index (χ0) is 42.4. The zero-order valence-corrected chi connectivity index (χ0v) is 35.0. The lowest BCUT2D eigenvalue weighted by molar-refractivity contribution is 0.669. The Balaban J connectivity index is 1.02. The highest BCUT2D eigenvalue weighted by molar-refractivity contribution is 6.22. The highest BCUT2D eigenvalue weighted by Crippen LogP contribution is 2.46. The van der Waals surface area contributed by atoms with E-state index in [9.17, 15) is 0 Å². The zero-order valence-electron chi connectivity index (χ0n) is 35.0. The first kappa shape index (κ1) is 37.3. The van der Waals surface area contributed by atoms with Crippen molar-refractivity contribution in [1.82, 2.24) is 0 Å². The molecule has 1 aromatic heterocycles. The summed E-state index contributed by atoms with van der Waals surface area (Å²) in [6.07, 6.45) is 0. The molecule has 300 valence electrons. The van der Waals surface area contributed by atoms with Crippen molar-refractivity contribution >= 4 is 60.5 Å². The third-order valence-corrected chi connectivity index (χ3v) is 12.6. The van der Waals surface area contributed by atoms with Gasteiger partial charge in [0.15, 0.2) is 0 Å². The Morgan fingerprint density at radius 1 is 0.250 bits per heavy atom. The second kappa shape index (κ2) is 15.8. The van der Waals surface area contributed by atoms with E-state index in [2.05, 4.69) is 241 Å². The molecular formula is C62H41NO. The summed E-state index contributed by atoms with van der Waals surface area (Å²) in [4.78, 5) is 2.38. The lowest BCUT2D eigenvalue weighted by atomic mass is 9.84. The number of benzene rings is 11. The van der Waals surface area contributed by atoms with E-state index in [1.807, 2.05) is 12.1 Å². The third kappa shape index (κ3) is 6.52. The van der Waals surface area contributed by atoms with E-state index in [0.29, 0.717) is 0 Å². The molecule has 0 aliphatic rings. The van der Waals surface area contributed by atoms with Crippen molar-refractivity contribution in [3.63, 3.8) is 0 Å². The summed E-state index contributed by atoms with van der Waals surface area (Å²) in [5, 5.41) is 7.25. The lowest BCUT2D eigenvalue weighted by Gasteiger charge is -2.27. The minimum absolute atomic E-state index is 0.896. The first-order chi connectivity index (χ1) is 31.7. The van der Waals surface area contributed by atoms with Gasteiger partial charge in [0, 0.05) is 27.8 Å². The number of anilines is 3. The molecule has 0 spiro atoms. The molecule has 0 radical (unpaired) electrons. The number of hydrogen-bond donors (Lipinski definition) is 0. The minimum Gasteiger partial charge on any atom is -0.456 e. The van der Waals surface area contributed by atoms with Gasteiger partial charge in [-0.2, -0.15) is 0 Å². The van der Waals surface area contributed by atoms with Crippen molar-refractivity contribution in [2.75, 3.05) is 4.90 Å². The minimum atomic E-state index is 0.896. The molecule has 0 aliphatic heterocycles. The Morgan fingerprint density at radius 2 is 0.719 bits per heavy atom. The summed E-state index contributed by atoms with van der Waals surface area (Å²) in [5.74, 6) is 0. The number of para-hydroxylation sites is 1. The predicted molar refractivity (Wildman–Crippen MR) is 271 cm³/mol. The number of furan rings is 1. The molecule has 0 saturated heterocycles. The molecule has 0 fully saturated rings. The van der Waals surface area contributed by atoms with Gasteiger partial charge in [-0.3, -0.25) is 0 Å². The molecule has 0 unspecified atom stereocenters. The van der Waals surface area contributed by atoms with Crippen molar-refractivity contribution in [3.05, 3.63) is 249 Å². The van der Waals surface area contributed by atoms with Crippen LogP contribution in [0.3, 0.4) is 0 Å². The molecule has 12 aromatic rings. The normalized spacial score (nSPS) is 11.4. The first-order valence-corrected chi connectivity index (χ1v) is 21.9.